The number of imidazole rings is 2. The highest BCUT2D eigenvalue weighted by Crippen LogP contribution is 2.30. The van der Waals surface area contributed by atoms with Crippen molar-refractivity contribution < 1.29 is 22.7 Å². The average molecular weight is 722 g/mol. The van der Waals surface area contributed by atoms with E-state index in [-0.39, 0.29) is 10.8 Å². The molecule has 5 aromatic rings. The second-order valence-corrected chi connectivity index (χ2v) is 13.1. The van der Waals surface area contributed by atoms with E-state index in [2.05, 4.69) is 25.7 Å². The molecule has 1 fully saturated rings. The number of carbonyl (C=O) groups is 2. The quantitative estimate of drug-likeness (QED) is 0.0876. The summed E-state index contributed by atoms with van der Waals surface area (Å²) in [6.07, 6.45) is 5.60. The van der Waals surface area contributed by atoms with Crippen molar-refractivity contribution in [2.24, 2.45) is 16.8 Å². The number of hydrogen-bond donors (Lipinski definition) is 5. The number of nitrogens with two attached hydrogens (primary N) is 3. The lowest BCUT2D eigenvalue weighted by molar-refractivity contribution is 0.0999. The van der Waals surface area contributed by atoms with Crippen molar-refractivity contribution >= 4 is 56.2 Å². The molecular formula is C34H47N11O5S. The summed E-state index contributed by atoms with van der Waals surface area (Å²) in [7, 11) is -2.10. The molecule has 0 radical (unpaired) electrons. The van der Waals surface area contributed by atoms with E-state index in [9.17, 15) is 18.0 Å². The van der Waals surface area contributed by atoms with E-state index in [1.807, 2.05) is 49.0 Å². The predicted octanol–water partition coefficient (Wildman–Crippen LogP) is 3.05. The number of rotatable bonds is 13. The number of nitrogens with one attached hydrogen (secondary N) is 2. The molecule has 4 heterocycles. The van der Waals surface area contributed by atoms with Gasteiger partial charge in [-0.15, -0.1) is 0 Å². The fourth-order valence-corrected chi connectivity index (χ4v) is 6.04. The van der Waals surface area contributed by atoms with Crippen LogP contribution >= 0.6 is 0 Å². The topological polar surface area (TPSA) is 233 Å². The minimum Gasteiger partial charge on any atom is -0.491 e. The maximum Gasteiger partial charge on any atom is 0.248 e. The molecule has 17 heteroatoms. The molecule has 1 amide bonds. The number of sulfonamides is 1. The summed E-state index contributed by atoms with van der Waals surface area (Å²) < 4.78 is 35.0. The first kappa shape index (κ1) is 38.5. The number of ether oxygens (including phenoxy) is 1. The number of nitrogen functional groups attached to an aromatic ring is 1. The van der Waals surface area contributed by atoms with Crippen molar-refractivity contribution in [3.63, 3.8) is 0 Å². The molecule has 6 rings (SSSR count). The molecule has 8 N–H and O–H groups in total. The molecular weight excluding hydrogens is 675 g/mol. The van der Waals surface area contributed by atoms with Crippen LogP contribution in [0.5, 0.6) is 5.75 Å². The number of amides is 1. The number of allylic oxidation sites excluding steroid dienone is 2. The van der Waals surface area contributed by atoms with Crippen molar-refractivity contribution in [3.8, 4) is 5.75 Å². The molecule has 274 valence electrons. The molecule has 0 saturated carbocycles. The number of aryl methyl sites for hydroxylation is 2. The molecule has 3 aromatic heterocycles. The van der Waals surface area contributed by atoms with Gasteiger partial charge in [-0.3, -0.25) is 14.3 Å². The number of primary amides is 1. The Kier molecular flexibility index (Phi) is 12.9. The van der Waals surface area contributed by atoms with Crippen LogP contribution in [0.25, 0.3) is 22.1 Å². The Hall–Kier alpha value is -5.26. The van der Waals surface area contributed by atoms with E-state index in [0.717, 1.165) is 43.6 Å². The lowest BCUT2D eigenvalue weighted by Gasteiger charge is -2.26. The van der Waals surface area contributed by atoms with Crippen LogP contribution in [0, 0.1) is 12.8 Å². The Morgan fingerprint density at radius 2 is 1.78 bits per heavy atom. The molecule has 2 aromatic carbocycles. The zero-order valence-corrected chi connectivity index (χ0v) is 30.4. The first-order valence-electron chi connectivity index (χ1n) is 16.7. The molecule has 1 aliphatic rings. The Bertz CT molecular complexity index is 2130. The third kappa shape index (κ3) is 9.11. The van der Waals surface area contributed by atoms with Crippen LogP contribution in [-0.4, -0.2) is 76.2 Å². The monoisotopic (exact) mass is 721 g/mol. The Balaban J connectivity index is 0.000000416. The van der Waals surface area contributed by atoms with Crippen molar-refractivity contribution in [1.82, 2.24) is 34.2 Å². The van der Waals surface area contributed by atoms with Crippen molar-refractivity contribution in [1.29, 1.82) is 0 Å². The number of benzene rings is 2. The second kappa shape index (κ2) is 17.1. The van der Waals surface area contributed by atoms with E-state index in [4.69, 9.17) is 21.3 Å². The van der Waals surface area contributed by atoms with Crippen LogP contribution in [-0.2, 0) is 29.7 Å². The summed E-state index contributed by atoms with van der Waals surface area (Å²) >= 11 is 0. The Morgan fingerprint density at radius 1 is 1.08 bits per heavy atom. The van der Waals surface area contributed by atoms with Gasteiger partial charge in [0.25, 0.3) is 0 Å². The maximum atomic E-state index is 11.9. The largest absolute Gasteiger partial charge is 0.491 e. The molecule has 51 heavy (non-hydrogen) atoms. The molecule has 0 aliphatic carbocycles. The van der Waals surface area contributed by atoms with E-state index in [1.165, 1.54) is 12.1 Å². The van der Waals surface area contributed by atoms with Gasteiger partial charge in [0.15, 0.2) is 6.29 Å². The first-order chi connectivity index (χ1) is 24.4. The summed E-state index contributed by atoms with van der Waals surface area (Å²) in [4.78, 5) is 31.2. The van der Waals surface area contributed by atoms with Crippen molar-refractivity contribution in [3.05, 3.63) is 65.5 Å². The van der Waals surface area contributed by atoms with Gasteiger partial charge in [0.05, 0.1) is 33.7 Å². The number of hydrogen-bond acceptors (Lipinski definition) is 11. The van der Waals surface area contributed by atoms with Crippen molar-refractivity contribution in [2.75, 3.05) is 37.8 Å². The molecule has 0 spiro atoms. The Morgan fingerprint density at radius 3 is 2.35 bits per heavy atom. The highest BCUT2D eigenvalue weighted by atomic mass is 32.2. The van der Waals surface area contributed by atoms with Gasteiger partial charge < -0.3 is 36.0 Å². The van der Waals surface area contributed by atoms with Crippen LogP contribution in [0.4, 0.5) is 11.9 Å². The van der Waals surface area contributed by atoms with Gasteiger partial charge >= 0.3 is 0 Å². The number of fused-ring (bicyclic) bond motifs is 2. The SMILES string of the molecule is CC.CCn1nc(C)cc1C=O.CNc1nc2cc(S(N)(=O)=O)ccc2n1C/C=C/Cn1c(N)nc2cc(C(N)=O)cc(OCCC3CNC3)c21. The summed E-state index contributed by atoms with van der Waals surface area (Å²) in [5, 5.41) is 15.6. The summed E-state index contributed by atoms with van der Waals surface area (Å²) in [5.41, 5.74) is 16.1. The number of carbonyl (C=O) groups excluding carboxylic acids is 2. The van der Waals surface area contributed by atoms with Crippen LogP contribution in [0.1, 0.15) is 53.7 Å². The summed E-state index contributed by atoms with van der Waals surface area (Å²) in [6, 6.07) is 9.61. The number of aromatic nitrogens is 6. The minimum atomic E-state index is -3.84. The fourth-order valence-electron chi connectivity index (χ4n) is 5.51. The normalized spacial score (nSPS) is 13.0. The van der Waals surface area contributed by atoms with Crippen LogP contribution in [0.2, 0.25) is 0 Å². The molecule has 0 atom stereocenters. The van der Waals surface area contributed by atoms with Gasteiger partial charge in [-0.1, -0.05) is 26.0 Å². The third-order valence-corrected chi connectivity index (χ3v) is 9.05. The van der Waals surface area contributed by atoms with Crippen LogP contribution in [0.3, 0.4) is 0 Å². The van der Waals surface area contributed by atoms with E-state index in [1.54, 1.807) is 36.0 Å². The second-order valence-electron chi connectivity index (χ2n) is 11.6. The van der Waals surface area contributed by atoms with Gasteiger partial charge in [0, 0.05) is 32.2 Å². The van der Waals surface area contributed by atoms with E-state index < -0.39 is 15.9 Å². The lowest BCUT2D eigenvalue weighted by Crippen LogP contribution is -2.42. The molecule has 0 bridgehead atoms. The van der Waals surface area contributed by atoms with E-state index >= 15 is 0 Å². The predicted molar refractivity (Wildman–Crippen MR) is 198 cm³/mol. The zero-order chi connectivity index (χ0) is 37.3. The van der Waals surface area contributed by atoms with Gasteiger partial charge in [0.2, 0.25) is 27.8 Å². The van der Waals surface area contributed by atoms with E-state index in [0.29, 0.717) is 65.1 Å². The van der Waals surface area contributed by atoms with Gasteiger partial charge in [-0.2, -0.15) is 5.10 Å². The number of aldehydes is 1. The standard InChI is InChI=1S/C25H31N9O4S.C7H10N2O.C2H6/c1-29-25-32-18-12-17(39(28,36)37)4-5-20(18)33(25)7-2-3-8-34-22-19(31-24(34)27)10-16(23(26)35)11-21(22)38-9-6-15-13-30-14-15;1-3-9-7(5-10)4-6(2)8-9;1-2/h2-5,10-12,15,30H,6-9,13-14H2,1H3,(H2,26,35)(H2,27,31)(H,29,32)(H2,28,36,37);4-5H,3H2,1-2H3;1-2H3/b3-2+;;. The fraction of sp³-hybridized carbons (Fsp3) is 0.382. The maximum absolute atomic E-state index is 11.9. The molecule has 16 nitrogen and oxygen atoms in total. The number of nitrogens with zero attached hydrogens (tertiary/aromatic N) is 6. The highest BCUT2D eigenvalue weighted by molar-refractivity contribution is 7.89. The third-order valence-electron chi connectivity index (χ3n) is 8.14. The molecule has 0 unspecified atom stereocenters. The van der Waals surface area contributed by atoms with Crippen LogP contribution < -0.4 is 32.0 Å². The summed E-state index contributed by atoms with van der Waals surface area (Å²) in [6.45, 7) is 11.9. The first-order valence-corrected chi connectivity index (χ1v) is 18.3. The summed E-state index contributed by atoms with van der Waals surface area (Å²) in [5.74, 6) is 1.37. The minimum absolute atomic E-state index is 0.00201. The molecule has 1 saturated heterocycles. The van der Waals surface area contributed by atoms with Gasteiger partial charge in [0.1, 0.15) is 17.0 Å². The Labute approximate surface area is 297 Å². The van der Waals surface area contributed by atoms with Crippen molar-refractivity contribution in [2.45, 2.75) is 58.6 Å². The van der Waals surface area contributed by atoms with Gasteiger partial charge in [-0.25, -0.2) is 23.5 Å². The molecule has 1 aliphatic heterocycles. The van der Waals surface area contributed by atoms with Gasteiger partial charge in [-0.05, 0) is 75.7 Å². The lowest BCUT2D eigenvalue weighted by atomic mass is 10.0. The zero-order valence-electron chi connectivity index (χ0n) is 29.6. The number of primary sulfonamides is 1. The average Bonchev–Trinajstić information content (AvgIpc) is 3.75. The number of anilines is 2. The van der Waals surface area contributed by atoms with Crippen LogP contribution in [0.15, 0.2) is 53.4 Å². The highest BCUT2D eigenvalue weighted by Gasteiger charge is 2.20. The smallest absolute Gasteiger partial charge is 0.248 e.